The van der Waals surface area contributed by atoms with Gasteiger partial charge in [-0.05, 0) is 47.9 Å². The SMILES string of the molecule is c1ccc(N(c2ccccc2)c2cc3oc4ccc5oc6ccccc6c5c4c3c3ccccc23)cc1. The summed E-state index contributed by atoms with van der Waals surface area (Å²) in [6.45, 7) is 0. The summed E-state index contributed by atoms with van der Waals surface area (Å²) in [5.41, 5.74) is 6.75. The fourth-order valence-corrected chi connectivity index (χ4v) is 5.69. The van der Waals surface area contributed by atoms with Gasteiger partial charge in [0.05, 0.1) is 5.69 Å². The molecule has 0 saturated heterocycles. The van der Waals surface area contributed by atoms with Gasteiger partial charge in [-0.1, -0.05) is 78.9 Å². The second kappa shape index (κ2) is 7.74. The van der Waals surface area contributed by atoms with Gasteiger partial charge in [0.15, 0.2) is 0 Å². The Morgan fingerprint density at radius 3 is 1.59 bits per heavy atom. The third-order valence-corrected chi connectivity index (χ3v) is 7.23. The van der Waals surface area contributed by atoms with E-state index in [9.17, 15) is 0 Å². The largest absolute Gasteiger partial charge is 0.456 e. The van der Waals surface area contributed by atoms with E-state index in [0.717, 1.165) is 71.7 Å². The molecule has 37 heavy (non-hydrogen) atoms. The topological polar surface area (TPSA) is 29.5 Å². The zero-order valence-corrected chi connectivity index (χ0v) is 19.9. The molecule has 0 aliphatic rings. The number of furan rings is 2. The maximum atomic E-state index is 6.58. The van der Waals surface area contributed by atoms with Gasteiger partial charge >= 0.3 is 0 Å². The summed E-state index contributed by atoms with van der Waals surface area (Å²) < 4.78 is 12.8. The van der Waals surface area contributed by atoms with Crippen LogP contribution in [0.15, 0.2) is 136 Å². The first kappa shape index (κ1) is 20.2. The Labute approximate surface area is 212 Å². The smallest absolute Gasteiger partial charge is 0.138 e. The molecule has 0 aliphatic carbocycles. The van der Waals surface area contributed by atoms with Gasteiger partial charge in [-0.15, -0.1) is 0 Å². The number of fused-ring (bicyclic) bond motifs is 9. The van der Waals surface area contributed by atoms with Crippen LogP contribution in [0.25, 0.3) is 54.6 Å². The van der Waals surface area contributed by atoms with Crippen molar-refractivity contribution in [3.8, 4) is 0 Å². The van der Waals surface area contributed by atoms with Crippen molar-refractivity contribution >= 4 is 71.7 Å². The number of anilines is 3. The summed E-state index contributed by atoms with van der Waals surface area (Å²) in [5, 5.41) is 6.75. The van der Waals surface area contributed by atoms with Gasteiger partial charge in [0.2, 0.25) is 0 Å². The first-order valence-corrected chi connectivity index (χ1v) is 12.5. The molecule has 0 fully saturated rings. The number of benzene rings is 6. The maximum Gasteiger partial charge on any atom is 0.138 e. The van der Waals surface area contributed by atoms with E-state index in [-0.39, 0.29) is 0 Å². The van der Waals surface area contributed by atoms with Crippen molar-refractivity contribution in [1.29, 1.82) is 0 Å². The Balaban J connectivity index is 1.53. The number of para-hydroxylation sites is 3. The lowest BCUT2D eigenvalue weighted by atomic mass is 9.98. The Kier molecular flexibility index (Phi) is 4.23. The van der Waals surface area contributed by atoms with Crippen LogP contribution >= 0.6 is 0 Å². The van der Waals surface area contributed by atoms with Gasteiger partial charge in [0, 0.05) is 44.4 Å². The molecule has 0 N–H and O–H groups in total. The molecule has 2 heterocycles. The Morgan fingerprint density at radius 2 is 0.892 bits per heavy atom. The average molecular weight is 476 g/mol. The highest BCUT2D eigenvalue weighted by molar-refractivity contribution is 6.32. The molecule has 3 nitrogen and oxygen atoms in total. The molecule has 0 bridgehead atoms. The highest BCUT2D eigenvalue weighted by Crippen LogP contribution is 2.47. The third kappa shape index (κ3) is 2.95. The van der Waals surface area contributed by atoms with Crippen LogP contribution in [-0.2, 0) is 0 Å². The molecule has 0 saturated carbocycles. The Morgan fingerprint density at radius 1 is 0.378 bits per heavy atom. The van der Waals surface area contributed by atoms with E-state index in [1.54, 1.807) is 0 Å². The van der Waals surface area contributed by atoms with Gasteiger partial charge in [0.25, 0.3) is 0 Å². The van der Waals surface area contributed by atoms with Crippen LogP contribution in [0.2, 0.25) is 0 Å². The fourth-order valence-electron chi connectivity index (χ4n) is 5.69. The van der Waals surface area contributed by atoms with Crippen LogP contribution in [0.1, 0.15) is 0 Å². The molecule has 0 radical (unpaired) electrons. The molecule has 0 amide bonds. The third-order valence-electron chi connectivity index (χ3n) is 7.23. The van der Waals surface area contributed by atoms with E-state index >= 15 is 0 Å². The molecule has 3 heteroatoms. The summed E-state index contributed by atoms with van der Waals surface area (Å²) in [7, 11) is 0. The molecule has 6 aromatic carbocycles. The van der Waals surface area contributed by atoms with Gasteiger partial charge in [-0.25, -0.2) is 0 Å². The summed E-state index contributed by atoms with van der Waals surface area (Å²) in [5.74, 6) is 0. The van der Waals surface area contributed by atoms with Crippen molar-refractivity contribution in [1.82, 2.24) is 0 Å². The lowest BCUT2D eigenvalue weighted by Gasteiger charge is -2.26. The highest BCUT2D eigenvalue weighted by atomic mass is 16.3. The molecule has 8 aromatic rings. The highest BCUT2D eigenvalue weighted by Gasteiger charge is 2.22. The van der Waals surface area contributed by atoms with Gasteiger partial charge in [-0.3, -0.25) is 0 Å². The molecule has 0 spiro atoms. The average Bonchev–Trinajstić information content (AvgIpc) is 3.52. The molecular weight excluding hydrogens is 454 g/mol. The van der Waals surface area contributed by atoms with E-state index in [1.165, 1.54) is 0 Å². The van der Waals surface area contributed by atoms with Crippen LogP contribution in [0.3, 0.4) is 0 Å². The van der Waals surface area contributed by atoms with Crippen molar-refractivity contribution in [2.75, 3.05) is 4.90 Å². The quantitative estimate of drug-likeness (QED) is 0.255. The van der Waals surface area contributed by atoms with Crippen LogP contribution in [0.4, 0.5) is 17.1 Å². The summed E-state index contributed by atoms with van der Waals surface area (Å²) in [6, 6.07) is 44.1. The van der Waals surface area contributed by atoms with Crippen molar-refractivity contribution in [3.63, 3.8) is 0 Å². The predicted octanol–water partition coefficient (Wildman–Crippen LogP) is 10.1. The summed E-state index contributed by atoms with van der Waals surface area (Å²) in [6.07, 6.45) is 0. The molecule has 174 valence electrons. The number of hydrogen-bond donors (Lipinski definition) is 0. The van der Waals surface area contributed by atoms with Crippen LogP contribution in [0, 0.1) is 0 Å². The summed E-state index contributed by atoms with van der Waals surface area (Å²) >= 11 is 0. The predicted molar refractivity (Wildman–Crippen MR) is 153 cm³/mol. The molecule has 8 rings (SSSR count). The van der Waals surface area contributed by atoms with E-state index in [2.05, 4.69) is 95.9 Å². The first-order chi connectivity index (χ1) is 18.4. The zero-order valence-electron chi connectivity index (χ0n) is 19.9. The first-order valence-electron chi connectivity index (χ1n) is 12.5. The van der Waals surface area contributed by atoms with Crippen LogP contribution in [0.5, 0.6) is 0 Å². The molecule has 0 atom stereocenters. The van der Waals surface area contributed by atoms with Crippen LogP contribution in [-0.4, -0.2) is 0 Å². The standard InChI is InChI=1S/C34H21NO2/c1-3-11-22(12-4-1)35(23-13-5-2-6-14-23)27-21-31-32(25-16-8-7-15-24(25)27)34-30(37-31)20-19-29-33(34)26-17-9-10-18-28(26)36-29/h1-21H. The lowest BCUT2D eigenvalue weighted by molar-refractivity contribution is 0.663. The number of nitrogens with zero attached hydrogens (tertiary/aromatic N) is 1. The van der Waals surface area contributed by atoms with Crippen LogP contribution < -0.4 is 4.90 Å². The fraction of sp³-hybridized carbons (Fsp3) is 0. The lowest BCUT2D eigenvalue weighted by Crippen LogP contribution is -2.10. The molecular formula is C34H21NO2. The molecule has 0 unspecified atom stereocenters. The monoisotopic (exact) mass is 475 g/mol. The van der Waals surface area contributed by atoms with E-state index < -0.39 is 0 Å². The number of hydrogen-bond acceptors (Lipinski definition) is 3. The molecule has 2 aromatic heterocycles. The minimum absolute atomic E-state index is 0.860. The van der Waals surface area contributed by atoms with Gasteiger partial charge in [-0.2, -0.15) is 0 Å². The van der Waals surface area contributed by atoms with Gasteiger partial charge < -0.3 is 13.7 Å². The second-order valence-electron chi connectivity index (χ2n) is 9.33. The normalized spacial score (nSPS) is 11.8. The van der Waals surface area contributed by atoms with Crippen molar-refractivity contribution in [2.45, 2.75) is 0 Å². The zero-order chi connectivity index (χ0) is 24.3. The second-order valence-corrected chi connectivity index (χ2v) is 9.33. The maximum absolute atomic E-state index is 6.58. The van der Waals surface area contributed by atoms with Gasteiger partial charge in [0.1, 0.15) is 22.3 Å². The van der Waals surface area contributed by atoms with Crippen molar-refractivity contribution in [3.05, 3.63) is 127 Å². The number of rotatable bonds is 3. The van der Waals surface area contributed by atoms with E-state index in [1.807, 2.05) is 36.4 Å². The van der Waals surface area contributed by atoms with E-state index in [0.29, 0.717) is 0 Å². The van der Waals surface area contributed by atoms with Crippen molar-refractivity contribution in [2.24, 2.45) is 0 Å². The summed E-state index contributed by atoms with van der Waals surface area (Å²) in [4.78, 5) is 2.30. The van der Waals surface area contributed by atoms with Crippen molar-refractivity contribution < 1.29 is 8.83 Å². The Bertz CT molecular complexity index is 2050. The minimum atomic E-state index is 0.860. The minimum Gasteiger partial charge on any atom is -0.456 e. The Hall–Kier alpha value is -5.02. The molecule has 0 aliphatic heterocycles. The van der Waals surface area contributed by atoms with E-state index in [4.69, 9.17) is 8.83 Å².